The van der Waals surface area contributed by atoms with Gasteiger partial charge in [-0.1, -0.05) is 49.1 Å². The van der Waals surface area contributed by atoms with Gasteiger partial charge in [0.1, 0.15) is 10.1 Å². The van der Waals surface area contributed by atoms with Crippen LogP contribution in [0, 0.1) is 0 Å². The van der Waals surface area contributed by atoms with Crippen molar-refractivity contribution in [2.24, 2.45) is 0 Å². The molecule has 0 unspecified atom stereocenters. The third kappa shape index (κ3) is 6.55. The molecule has 0 radical (unpaired) electrons. The molecule has 1 aliphatic rings. The van der Waals surface area contributed by atoms with E-state index in [2.05, 4.69) is 27.2 Å². The van der Waals surface area contributed by atoms with Crippen LogP contribution in [0.5, 0.6) is 5.75 Å². The molecule has 0 aliphatic carbocycles. The van der Waals surface area contributed by atoms with E-state index in [0.29, 0.717) is 41.9 Å². The third-order valence-corrected chi connectivity index (χ3v) is 11.1. The number of hydrogen-bond acceptors (Lipinski definition) is 9. The number of hydrogen-bond donors (Lipinski definition) is 0. The summed E-state index contributed by atoms with van der Waals surface area (Å²) >= 11 is 0. The normalized spacial score (nSPS) is 14.2. The minimum absolute atomic E-state index is 0. The molecule has 3 aromatic heterocycles. The fraction of sp³-hybridized carbons (Fsp3) is 0.175. The van der Waals surface area contributed by atoms with E-state index in [9.17, 15) is 25.9 Å². The quantitative estimate of drug-likeness (QED) is 0.0901. The number of oxazole rings is 1. The Bertz CT molecular complexity index is 3120. The van der Waals surface area contributed by atoms with Crippen LogP contribution in [0.2, 0.25) is 0 Å². The van der Waals surface area contributed by atoms with Crippen LogP contribution in [0.4, 0.5) is 5.69 Å². The van der Waals surface area contributed by atoms with Crippen molar-refractivity contribution in [3.8, 4) is 5.75 Å². The number of para-hydroxylation sites is 2. The molecule has 12 nitrogen and oxygen atoms in total. The SMILES string of the molecule is C=C=C=C(N1C(=CC(=Cc2oc3cc4c(cc3[n+]2CS(=O)(=O)[O-])c2ccccc2n4CC)CC)Oc2cc3c(cc21)c1ccccc1n3CC)S(=O)(=O)[O-].[Na+]. The molecular formula is C40H33N4NaO8S2. The Hall–Kier alpha value is -4.85. The Morgan fingerprint density at radius 2 is 1.44 bits per heavy atom. The molecule has 0 amide bonds. The molecule has 0 N–H and O–H groups in total. The fourth-order valence-corrected chi connectivity index (χ4v) is 8.68. The van der Waals surface area contributed by atoms with Gasteiger partial charge < -0.3 is 27.4 Å². The van der Waals surface area contributed by atoms with E-state index in [0.717, 1.165) is 48.5 Å². The molecule has 0 fully saturated rings. The van der Waals surface area contributed by atoms with Gasteiger partial charge in [-0.3, -0.25) is 4.90 Å². The average Bonchev–Trinajstić information content (AvgIpc) is 3.84. The molecule has 15 heteroatoms. The van der Waals surface area contributed by atoms with E-state index in [1.807, 2.05) is 81.4 Å². The van der Waals surface area contributed by atoms with Gasteiger partial charge >= 0.3 is 35.4 Å². The molecule has 8 rings (SSSR count). The Labute approximate surface area is 339 Å². The molecule has 274 valence electrons. The maximum Gasteiger partial charge on any atom is 1.00 e. The van der Waals surface area contributed by atoms with E-state index in [-0.39, 0.29) is 47.0 Å². The summed E-state index contributed by atoms with van der Waals surface area (Å²) in [6.45, 7) is 10.7. The monoisotopic (exact) mass is 784 g/mol. The minimum Gasteiger partial charge on any atom is -0.743 e. The second-order valence-electron chi connectivity index (χ2n) is 12.8. The number of benzene rings is 4. The Balaban J connectivity index is 0.00000465. The smallest absolute Gasteiger partial charge is 0.743 e. The van der Waals surface area contributed by atoms with Gasteiger partial charge in [-0.15, -0.1) is 4.57 Å². The largest absolute Gasteiger partial charge is 1.00 e. The number of rotatable bonds is 9. The predicted molar refractivity (Wildman–Crippen MR) is 205 cm³/mol. The van der Waals surface area contributed by atoms with E-state index < -0.39 is 31.1 Å². The van der Waals surface area contributed by atoms with Crippen molar-refractivity contribution in [1.82, 2.24) is 9.13 Å². The van der Waals surface area contributed by atoms with Crippen LogP contribution in [0.15, 0.2) is 118 Å². The van der Waals surface area contributed by atoms with Gasteiger partial charge in [-0.05, 0) is 56.4 Å². The first-order valence-electron chi connectivity index (χ1n) is 17.2. The van der Waals surface area contributed by atoms with E-state index in [4.69, 9.17) is 9.15 Å². The second kappa shape index (κ2) is 14.3. The van der Waals surface area contributed by atoms with Gasteiger partial charge in [0.25, 0.3) is 5.52 Å². The number of allylic oxidation sites excluding steroid dienone is 2. The van der Waals surface area contributed by atoms with Crippen molar-refractivity contribution in [3.05, 3.63) is 119 Å². The van der Waals surface area contributed by atoms with Crippen molar-refractivity contribution >= 4 is 86.7 Å². The van der Waals surface area contributed by atoms with Crippen LogP contribution >= 0.6 is 0 Å². The first-order valence-corrected chi connectivity index (χ1v) is 20.2. The summed E-state index contributed by atoms with van der Waals surface area (Å²) in [7, 11) is -9.95. The minimum atomic E-state index is -5.15. The number of aromatic nitrogens is 3. The number of nitrogens with zero attached hydrogens (tertiary/aromatic N) is 4. The van der Waals surface area contributed by atoms with Crippen LogP contribution in [-0.4, -0.2) is 35.1 Å². The Kier molecular flexibility index (Phi) is 10.0. The van der Waals surface area contributed by atoms with Crippen LogP contribution in [-0.2, 0) is 39.2 Å². The van der Waals surface area contributed by atoms with Crippen LogP contribution < -0.4 is 43.8 Å². The second-order valence-corrected chi connectivity index (χ2v) is 15.5. The van der Waals surface area contributed by atoms with Crippen LogP contribution in [0.25, 0.3) is 60.8 Å². The van der Waals surface area contributed by atoms with Crippen molar-refractivity contribution < 1.29 is 69.2 Å². The molecule has 4 heterocycles. The molecule has 55 heavy (non-hydrogen) atoms. The van der Waals surface area contributed by atoms with Gasteiger partial charge in [-0.2, -0.15) is 0 Å². The molecule has 1 aliphatic heterocycles. The van der Waals surface area contributed by atoms with Gasteiger partial charge in [-0.25, -0.2) is 16.8 Å². The molecule has 0 saturated heterocycles. The van der Waals surface area contributed by atoms with Crippen LogP contribution in [0.3, 0.4) is 0 Å². The summed E-state index contributed by atoms with van der Waals surface area (Å²) in [4.78, 5) is 1.16. The van der Waals surface area contributed by atoms with Crippen molar-refractivity contribution in [1.29, 1.82) is 0 Å². The van der Waals surface area contributed by atoms with E-state index in [1.165, 1.54) is 10.6 Å². The summed E-state index contributed by atoms with van der Waals surface area (Å²) in [6, 6.07) is 22.9. The molecule has 4 aromatic carbocycles. The van der Waals surface area contributed by atoms with Gasteiger partial charge in [0, 0.05) is 69.9 Å². The summed E-state index contributed by atoms with van der Waals surface area (Å²) in [5, 5.41) is 2.80. The number of aryl methyl sites for hydroxylation is 2. The third-order valence-electron chi connectivity index (χ3n) is 9.73. The van der Waals surface area contributed by atoms with Crippen molar-refractivity contribution in [3.63, 3.8) is 0 Å². The molecule has 7 aromatic rings. The maximum absolute atomic E-state index is 12.7. The summed E-state index contributed by atoms with van der Waals surface area (Å²) in [6.07, 6.45) is 3.41. The fourth-order valence-electron chi connectivity index (χ4n) is 7.49. The first kappa shape index (κ1) is 38.4. The van der Waals surface area contributed by atoms with E-state index in [1.54, 1.807) is 18.2 Å². The average molecular weight is 785 g/mol. The first-order chi connectivity index (χ1) is 25.8. The van der Waals surface area contributed by atoms with Gasteiger partial charge in [0.2, 0.25) is 17.3 Å². The van der Waals surface area contributed by atoms with Gasteiger partial charge in [0.15, 0.2) is 20.9 Å². The predicted octanol–water partition coefficient (Wildman–Crippen LogP) is 4.34. The zero-order valence-electron chi connectivity index (χ0n) is 30.5. The summed E-state index contributed by atoms with van der Waals surface area (Å²) in [5.74, 6) is -0.589. The van der Waals surface area contributed by atoms with Crippen molar-refractivity contribution in [2.45, 2.75) is 46.2 Å². The topological polar surface area (TPSA) is 154 Å². The van der Waals surface area contributed by atoms with Crippen molar-refractivity contribution in [2.75, 3.05) is 4.90 Å². The Morgan fingerprint density at radius 1 is 0.836 bits per heavy atom. The number of fused-ring (bicyclic) bond motifs is 8. The zero-order chi connectivity index (χ0) is 38.1. The molecule has 0 spiro atoms. The van der Waals surface area contributed by atoms with Gasteiger partial charge in [0.05, 0.1) is 22.8 Å². The maximum atomic E-state index is 12.7. The Morgan fingerprint density at radius 3 is 2.00 bits per heavy atom. The molecular weight excluding hydrogens is 752 g/mol. The summed E-state index contributed by atoms with van der Waals surface area (Å²) < 4.78 is 93.2. The molecule has 0 atom stereocenters. The van der Waals surface area contributed by atoms with E-state index >= 15 is 0 Å². The standard InChI is InChI=1S/C40H34N4O8S2.Na/c1-5-13-40(54(48,49)50)44-35-21-29-27-15-10-12-17-31(27)42(8-4)33(29)23-37(35)52-39(44)19-25(6-2)18-38-43(24-53(45,46)47)34-20-28-26-14-9-11-16-30(26)41(7-3)32(28)22-36(34)51-38;/h9-12,14-23H,1,6-8,24H2,2-4H3,(H-,45,46,47,48,49,50);/q;+1/p-1. The zero-order valence-corrected chi connectivity index (χ0v) is 34.1. The summed E-state index contributed by atoms with van der Waals surface area (Å²) in [5.41, 5.74) is 9.91. The number of ether oxygens (including phenoxy) is 1. The molecule has 0 saturated carbocycles. The molecule has 0 bridgehead atoms. The van der Waals surface area contributed by atoms with Crippen LogP contribution in [0.1, 0.15) is 33.1 Å². The number of anilines is 1.